The Morgan fingerprint density at radius 1 is 1.35 bits per heavy atom. The number of carbonyl (C=O) groups is 1. The molecule has 0 radical (unpaired) electrons. The summed E-state index contributed by atoms with van der Waals surface area (Å²) < 4.78 is 0. The maximum absolute atomic E-state index is 11.1. The molecular formula is C11H18N4O2. The van der Waals surface area contributed by atoms with Crippen LogP contribution in [0.15, 0.2) is 18.3 Å². The summed E-state index contributed by atoms with van der Waals surface area (Å²) in [5.41, 5.74) is 1.90. The molecule has 0 atom stereocenters. The Labute approximate surface area is 101 Å². The fourth-order valence-electron chi connectivity index (χ4n) is 1.28. The molecule has 0 aliphatic heterocycles. The molecule has 0 aliphatic carbocycles. The van der Waals surface area contributed by atoms with Gasteiger partial charge in [0, 0.05) is 26.3 Å². The van der Waals surface area contributed by atoms with Gasteiger partial charge in [0.05, 0.1) is 5.56 Å². The van der Waals surface area contributed by atoms with E-state index in [2.05, 4.69) is 9.88 Å². The summed E-state index contributed by atoms with van der Waals surface area (Å²) in [5.74, 6) is 0.237. The zero-order valence-electron chi connectivity index (χ0n) is 10.3. The predicted octanol–water partition coefficient (Wildman–Crippen LogP) is 0.198. The van der Waals surface area contributed by atoms with Crippen LogP contribution in [-0.4, -0.2) is 55.2 Å². The van der Waals surface area contributed by atoms with Gasteiger partial charge in [0.25, 0.3) is 5.91 Å². The van der Waals surface area contributed by atoms with Crippen LogP contribution in [0, 0.1) is 0 Å². The number of nitrogens with zero attached hydrogens (tertiary/aromatic N) is 3. The van der Waals surface area contributed by atoms with Gasteiger partial charge in [0.15, 0.2) is 0 Å². The van der Waals surface area contributed by atoms with E-state index >= 15 is 0 Å². The summed E-state index contributed by atoms with van der Waals surface area (Å²) >= 11 is 0. The second kappa shape index (κ2) is 6.17. The number of aromatic nitrogens is 1. The van der Waals surface area contributed by atoms with E-state index in [1.807, 2.05) is 26.0 Å². The summed E-state index contributed by atoms with van der Waals surface area (Å²) in [7, 11) is 5.96. The lowest BCUT2D eigenvalue weighted by Crippen LogP contribution is -2.29. The van der Waals surface area contributed by atoms with Crippen molar-refractivity contribution in [3.05, 3.63) is 23.9 Å². The van der Waals surface area contributed by atoms with Crippen LogP contribution in [-0.2, 0) is 0 Å². The van der Waals surface area contributed by atoms with E-state index < -0.39 is 5.91 Å². The van der Waals surface area contributed by atoms with E-state index in [-0.39, 0.29) is 0 Å². The van der Waals surface area contributed by atoms with Gasteiger partial charge < -0.3 is 9.80 Å². The van der Waals surface area contributed by atoms with Gasteiger partial charge in [-0.3, -0.25) is 10.0 Å². The molecule has 0 aromatic carbocycles. The summed E-state index contributed by atoms with van der Waals surface area (Å²) in [6, 6.07) is 3.38. The lowest BCUT2D eigenvalue weighted by atomic mass is 10.2. The van der Waals surface area contributed by atoms with Gasteiger partial charge in [0.2, 0.25) is 0 Å². The van der Waals surface area contributed by atoms with Gasteiger partial charge in [0.1, 0.15) is 5.82 Å². The van der Waals surface area contributed by atoms with Crippen molar-refractivity contribution in [2.75, 3.05) is 39.1 Å². The highest BCUT2D eigenvalue weighted by Crippen LogP contribution is 2.09. The summed E-state index contributed by atoms with van der Waals surface area (Å²) in [6.45, 7) is 1.78. The Bertz CT molecular complexity index is 364. The molecule has 1 heterocycles. The first-order chi connectivity index (χ1) is 8.04. The Hall–Kier alpha value is -1.66. The smallest absolute Gasteiger partial charge is 0.276 e. The maximum atomic E-state index is 11.1. The average molecular weight is 238 g/mol. The summed E-state index contributed by atoms with van der Waals surface area (Å²) in [5, 5.41) is 8.47. The van der Waals surface area contributed by atoms with Crippen LogP contribution in [0.4, 0.5) is 5.82 Å². The molecule has 2 N–H and O–H groups in total. The lowest BCUT2D eigenvalue weighted by molar-refractivity contribution is 0.0706. The van der Waals surface area contributed by atoms with E-state index in [0.717, 1.165) is 18.9 Å². The first kappa shape index (κ1) is 13.4. The molecule has 0 fully saturated rings. The second-order valence-electron chi connectivity index (χ2n) is 4.07. The van der Waals surface area contributed by atoms with E-state index in [4.69, 9.17) is 5.21 Å². The predicted molar refractivity (Wildman–Crippen MR) is 65.3 cm³/mol. The van der Waals surface area contributed by atoms with Gasteiger partial charge in [-0.25, -0.2) is 10.5 Å². The zero-order chi connectivity index (χ0) is 12.8. The van der Waals surface area contributed by atoms with Crippen LogP contribution in [0.1, 0.15) is 10.4 Å². The van der Waals surface area contributed by atoms with E-state index in [1.165, 1.54) is 6.20 Å². The van der Waals surface area contributed by atoms with Crippen LogP contribution in [0.25, 0.3) is 0 Å². The third-order valence-electron chi connectivity index (χ3n) is 2.39. The Kier molecular flexibility index (Phi) is 4.86. The number of hydrogen-bond acceptors (Lipinski definition) is 5. The molecule has 1 aromatic rings. The van der Waals surface area contributed by atoms with Crippen LogP contribution < -0.4 is 10.4 Å². The quantitative estimate of drug-likeness (QED) is 0.566. The van der Waals surface area contributed by atoms with Crippen LogP contribution in [0.2, 0.25) is 0 Å². The molecule has 17 heavy (non-hydrogen) atoms. The molecule has 1 rings (SSSR count). The summed E-state index contributed by atoms with van der Waals surface area (Å²) in [6.07, 6.45) is 1.44. The van der Waals surface area contributed by atoms with Crippen molar-refractivity contribution in [2.45, 2.75) is 0 Å². The molecular weight excluding hydrogens is 220 g/mol. The molecule has 0 bridgehead atoms. The highest BCUT2D eigenvalue weighted by Gasteiger charge is 2.06. The highest BCUT2D eigenvalue weighted by atomic mass is 16.5. The molecule has 0 spiro atoms. The van der Waals surface area contributed by atoms with Gasteiger partial charge in [-0.1, -0.05) is 0 Å². The Morgan fingerprint density at radius 3 is 2.53 bits per heavy atom. The number of hydroxylamine groups is 1. The number of hydrogen-bond donors (Lipinski definition) is 2. The SMILES string of the molecule is CN(C)CCN(C)c1ccc(C(=O)NO)cn1. The molecule has 0 unspecified atom stereocenters. The maximum Gasteiger partial charge on any atom is 0.276 e. The van der Waals surface area contributed by atoms with Gasteiger partial charge in [-0.05, 0) is 26.2 Å². The number of pyridine rings is 1. The minimum Gasteiger partial charge on any atom is -0.358 e. The van der Waals surface area contributed by atoms with Gasteiger partial charge in [-0.15, -0.1) is 0 Å². The van der Waals surface area contributed by atoms with E-state index in [9.17, 15) is 4.79 Å². The molecule has 1 amide bonds. The minimum atomic E-state index is -0.556. The minimum absolute atomic E-state index is 0.331. The third kappa shape index (κ3) is 4.01. The second-order valence-corrected chi connectivity index (χ2v) is 4.07. The summed E-state index contributed by atoms with van der Waals surface area (Å²) in [4.78, 5) is 19.3. The first-order valence-corrected chi connectivity index (χ1v) is 5.31. The Morgan fingerprint density at radius 2 is 2.06 bits per heavy atom. The van der Waals surface area contributed by atoms with Crippen LogP contribution >= 0.6 is 0 Å². The van der Waals surface area contributed by atoms with Crippen molar-refractivity contribution >= 4 is 11.7 Å². The largest absolute Gasteiger partial charge is 0.358 e. The van der Waals surface area contributed by atoms with Crippen molar-refractivity contribution < 1.29 is 10.0 Å². The molecule has 94 valence electrons. The zero-order valence-corrected chi connectivity index (χ0v) is 10.3. The van der Waals surface area contributed by atoms with Crippen LogP contribution in [0.3, 0.4) is 0 Å². The van der Waals surface area contributed by atoms with Crippen LogP contribution in [0.5, 0.6) is 0 Å². The molecule has 0 aliphatic rings. The number of carbonyl (C=O) groups excluding carboxylic acids is 1. The average Bonchev–Trinajstić information content (AvgIpc) is 2.35. The fraction of sp³-hybridized carbons (Fsp3) is 0.455. The fourth-order valence-corrected chi connectivity index (χ4v) is 1.28. The van der Waals surface area contributed by atoms with Gasteiger partial charge in [-0.2, -0.15) is 0 Å². The third-order valence-corrected chi connectivity index (χ3v) is 2.39. The topological polar surface area (TPSA) is 68.7 Å². The highest BCUT2D eigenvalue weighted by molar-refractivity contribution is 5.93. The normalized spacial score (nSPS) is 10.4. The van der Waals surface area contributed by atoms with Crippen molar-refractivity contribution in [1.82, 2.24) is 15.4 Å². The molecule has 1 aromatic heterocycles. The lowest BCUT2D eigenvalue weighted by Gasteiger charge is -2.20. The Balaban J connectivity index is 2.63. The number of likely N-dealkylation sites (N-methyl/N-ethyl adjacent to an activating group) is 2. The van der Waals surface area contributed by atoms with Crippen molar-refractivity contribution in [3.8, 4) is 0 Å². The number of anilines is 1. The van der Waals surface area contributed by atoms with Crippen molar-refractivity contribution in [1.29, 1.82) is 0 Å². The number of amides is 1. The molecule has 0 saturated heterocycles. The van der Waals surface area contributed by atoms with Gasteiger partial charge >= 0.3 is 0 Å². The number of rotatable bonds is 5. The standard InChI is InChI=1S/C11H18N4O2/c1-14(2)6-7-15(3)10-5-4-9(8-12-10)11(16)13-17/h4-5,8,17H,6-7H2,1-3H3,(H,13,16). The van der Waals surface area contributed by atoms with E-state index in [1.54, 1.807) is 17.6 Å². The van der Waals surface area contributed by atoms with Crippen molar-refractivity contribution in [3.63, 3.8) is 0 Å². The molecule has 0 saturated carbocycles. The molecule has 6 heteroatoms. The first-order valence-electron chi connectivity index (χ1n) is 5.31. The van der Waals surface area contributed by atoms with E-state index in [0.29, 0.717) is 5.56 Å². The monoisotopic (exact) mass is 238 g/mol. The molecule has 6 nitrogen and oxygen atoms in total. The van der Waals surface area contributed by atoms with Crippen molar-refractivity contribution in [2.24, 2.45) is 0 Å². The number of nitrogens with one attached hydrogen (secondary N) is 1.